The zero-order chi connectivity index (χ0) is 10.1. The smallest absolute Gasteiger partial charge is 0.330 e. The largest absolute Gasteiger partial charge is 0.396 e. The maximum atomic E-state index is 12.6. The van der Waals surface area contributed by atoms with Gasteiger partial charge in [0.15, 0.2) is 0 Å². The van der Waals surface area contributed by atoms with Gasteiger partial charge in [-0.15, -0.1) is 0 Å². The van der Waals surface area contributed by atoms with Crippen LogP contribution >= 0.6 is 0 Å². The third-order valence-corrected chi connectivity index (χ3v) is 2.87. The van der Waals surface area contributed by atoms with E-state index in [1.807, 2.05) is 6.92 Å². The van der Waals surface area contributed by atoms with Crippen LogP contribution in [0.3, 0.4) is 0 Å². The van der Waals surface area contributed by atoms with E-state index < -0.39 is 11.6 Å². The number of hydrogen-bond acceptors (Lipinski definition) is 2. The maximum absolute atomic E-state index is 12.6. The molecular weight excluding hydrogens is 181 g/mol. The van der Waals surface area contributed by atoms with Crippen LogP contribution in [-0.4, -0.2) is 37.3 Å². The van der Waals surface area contributed by atoms with E-state index in [1.165, 1.54) is 0 Å². The van der Waals surface area contributed by atoms with Gasteiger partial charge in [-0.2, -0.15) is 13.2 Å². The van der Waals surface area contributed by atoms with Crippen LogP contribution in [0.4, 0.5) is 13.2 Å². The Bertz CT molecular complexity index is 181. The molecular formula is C8H15F3N2. The van der Waals surface area contributed by atoms with E-state index in [0.29, 0.717) is 13.1 Å². The van der Waals surface area contributed by atoms with E-state index in [-0.39, 0.29) is 19.5 Å². The van der Waals surface area contributed by atoms with Crippen molar-refractivity contribution in [3.05, 3.63) is 0 Å². The molecule has 0 aromatic heterocycles. The summed E-state index contributed by atoms with van der Waals surface area (Å²) in [6.45, 7) is 2.80. The van der Waals surface area contributed by atoms with Gasteiger partial charge >= 0.3 is 6.18 Å². The summed E-state index contributed by atoms with van der Waals surface area (Å²) < 4.78 is 37.9. The van der Waals surface area contributed by atoms with Crippen molar-refractivity contribution in [2.75, 3.05) is 26.2 Å². The van der Waals surface area contributed by atoms with Gasteiger partial charge < -0.3 is 10.6 Å². The molecule has 0 aromatic carbocycles. The third kappa shape index (κ3) is 1.81. The molecule has 0 amide bonds. The molecule has 1 aliphatic rings. The molecule has 5 heteroatoms. The SMILES string of the molecule is CCN1CCC(CN)(C(F)(F)F)C1. The first kappa shape index (κ1) is 10.8. The molecule has 1 atom stereocenters. The van der Waals surface area contributed by atoms with Gasteiger partial charge in [-0.25, -0.2) is 0 Å². The zero-order valence-electron chi connectivity index (χ0n) is 7.69. The lowest BCUT2D eigenvalue weighted by Crippen LogP contribution is -2.46. The van der Waals surface area contributed by atoms with Gasteiger partial charge in [0.1, 0.15) is 0 Å². The second-order valence-electron chi connectivity index (χ2n) is 3.60. The van der Waals surface area contributed by atoms with Crippen molar-refractivity contribution in [1.29, 1.82) is 0 Å². The fourth-order valence-electron chi connectivity index (χ4n) is 1.74. The molecule has 0 spiro atoms. The highest BCUT2D eigenvalue weighted by Gasteiger charge is 2.56. The monoisotopic (exact) mass is 196 g/mol. The van der Waals surface area contributed by atoms with Crippen molar-refractivity contribution in [2.45, 2.75) is 19.5 Å². The standard InChI is InChI=1S/C8H15F3N2/c1-2-13-4-3-7(5-12,6-13)8(9,10)11/h2-6,12H2,1H3. The van der Waals surface area contributed by atoms with Crippen molar-refractivity contribution >= 4 is 0 Å². The summed E-state index contributed by atoms with van der Waals surface area (Å²) in [7, 11) is 0. The first-order chi connectivity index (χ1) is 5.95. The molecule has 0 bridgehead atoms. The van der Waals surface area contributed by atoms with Gasteiger partial charge in [-0.05, 0) is 19.5 Å². The van der Waals surface area contributed by atoms with Crippen LogP contribution in [0.1, 0.15) is 13.3 Å². The summed E-state index contributed by atoms with van der Waals surface area (Å²) in [5.41, 5.74) is 3.58. The molecule has 1 fully saturated rings. The Kier molecular flexibility index (Phi) is 2.87. The van der Waals surface area contributed by atoms with Gasteiger partial charge in [-0.1, -0.05) is 6.92 Å². The molecule has 2 N–H and O–H groups in total. The number of likely N-dealkylation sites (tertiary alicyclic amines) is 1. The molecule has 1 saturated heterocycles. The predicted molar refractivity (Wildman–Crippen MR) is 44.3 cm³/mol. The average Bonchev–Trinajstić information content (AvgIpc) is 2.47. The van der Waals surface area contributed by atoms with Crippen LogP contribution in [0, 0.1) is 5.41 Å². The summed E-state index contributed by atoms with van der Waals surface area (Å²) in [5, 5.41) is 0. The lowest BCUT2D eigenvalue weighted by Gasteiger charge is -2.30. The number of alkyl halides is 3. The number of nitrogens with zero attached hydrogens (tertiary/aromatic N) is 1. The Hall–Kier alpha value is -0.290. The van der Waals surface area contributed by atoms with E-state index in [0.717, 1.165) is 0 Å². The average molecular weight is 196 g/mol. The molecule has 0 aliphatic carbocycles. The molecule has 1 aliphatic heterocycles. The zero-order valence-corrected chi connectivity index (χ0v) is 7.69. The minimum Gasteiger partial charge on any atom is -0.330 e. The molecule has 1 rings (SSSR count). The van der Waals surface area contributed by atoms with Gasteiger partial charge in [0.25, 0.3) is 0 Å². The quantitative estimate of drug-likeness (QED) is 0.719. The first-order valence-electron chi connectivity index (χ1n) is 4.44. The highest BCUT2D eigenvalue weighted by molar-refractivity contribution is 4.95. The first-order valence-corrected chi connectivity index (χ1v) is 4.44. The minimum atomic E-state index is -4.16. The molecule has 2 nitrogen and oxygen atoms in total. The van der Waals surface area contributed by atoms with Crippen LogP contribution in [0.25, 0.3) is 0 Å². The van der Waals surface area contributed by atoms with Crippen molar-refractivity contribution in [3.8, 4) is 0 Å². The molecule has 78 valence electrons. The van der Waals surface area contributed by atoms with Crippen molar-refractivity contribution in [1.82, 2.24) is 4.90 Å². The van der Waals surface area contributed by atoms with Crippen LogP contribution in [0.5, 0.6) is 0 Å². The van der Waals surface area contributed by atoms with Gasteiger partial charge in [-0.3, -0.25) is 0 Å². The molecule has 0 aromatic rings. The Balaban J connectivity index is 2.74. The molecule has 0 radical (unpaired) electrons. The Morgan fingerprint density at radius 1 is 1.46 bits per heavy atom. The molecule has 13 heavy (non-hydrogen) atoms. The summed E-state index contributed by atoms with van der Waals surface area (Å²) in [4.78, 5) is 1.79. The Morgan fingerprint density at radius 2 is 2.08 bits per heavy atom. The minimum absolute atomic E-state index is 0.0590. The van der Waals surface area contributed by atoms with Crippen LogP contribution in [0.2, 0.25) is 0 Å². The normalized spacial score (nSPS) is 31.2. The molecule has 0 saturated carbocycles. The number of halogens is 3. The van der Waals surface area contributed by atoms with E-state index in [2.05, 4.69) is 0 Å². The van der Waals surface area contributed by atoms with Crippen molar-refractivity contribution in [3.63, 3.8) is 0 Å². The van der Waals surface area contributed by atoms with E-state index in [9.17, 15) is 13.2 Å². The van der Waals surface area contributed by atoms with E-state index >= 15 is 0 Å². The lowest BCUT2D eigenvalue weighted by molar-refractivity contribution is -0.215. The summed E-state index contributed by atoms with van der Waals surface area (Å²) in [5.74, 6) is 0. The van der Waals surface area contributed by atoms with Gasteiger partial charge in [0, 0.05) is 13.1 Å². The Labute approximate surface area is 75.9 Å². The highest BCUT2D eigenvalue weighted by atomic mass is 19.4. The number of hydrogen-bond donors (Lipinski definition) is 1. The van der Waals surface area contributed by atoms with Gasteiger partial charge in [0.2, 0.25) is 0 Å². The Morgan fingerprint density at radius 3 is 2.31 bits per heavy atom. The fraction of sp³-hybridized carbons (Fsp3) is 1.00. The molecule has 1 heterocycles. The number of rotatable bonds is 2. The third-order valence-electron chi connectivity index (χ3n) is 2.87. The summed E-state index contributed by atoms with van der Waals surface area (Å²) in [6.07, 6.45) is -4.02. The van der Waals surface area contributed by atoms with E-state index in [1.54, 1.807) is 4.90 Å². The number of nitrogens with two attached hydrogens (primary N) is 1. The highest BCUT2D eigenvalue weighted by Crippen LogP contribution is 2.44. The summed E-state index contributed by atoms with van der Waals surface area (Å²) >= 11 is 0. The predicted octanol–water partition coefficient (Wildman–Crippen LogP) is 1.22. The van der Waals surface area contributed by atoms with Crippen LogP contribution < -0.4 is 5.73 Å². The summed E-state index contributed by atoms with van der Waals surface area (Å²) in [6, 6.07) is 0. The van der Waals surface area contributed by atoms with E-state index in [4.69, 9.17) is 5.73 Å². The fourth-order valence-corrected chi connectivity index (χ4v) is 1.74. The van der Waals surface area contributed by atoms with Crippen molar-refractivity contribution in [2.24, 2.45) is 11.1 Å². The molecule has 1 unspecified atom stereocenters. The lowest BCUT2D eigenvalue weighted by atomic mass is 9.86. The second-order valence-corrected chi connectivity index (χ2v) is 3.60. The second kappa shape index (κ2) is 3.46. The maximum Gasteiger partial charge on any atom is 0.396 e. The van der Waals surface area contributed by atoms with Gasteiger partial charge in [0.05, 0.1) is 5.41 Å². The van der Waals surface area contributed by atoms with Crippen LogP contribution in [0.15, 0.2) is 0 Å². The topological polar surface area (TPSA) is 29.3 Å². The van der Waals surface area contributed by atoms with Crippen molar-refractivity contribution < 1.29 is 13.2 Å². The van der Waals surface area contributed by atoms with Crippen LogP contribution in [-0.2, 0) is 0 Å².